The van der Waals surface area contributed by atoms with Crippen molar-refractivity contribution in [3.05, 3.63) is 0 Å². The maximum atomic E-state index is 11.5. The van der Waals surface area contributed by atoms with Gasteiger partial charge in [0, 0.05) is 6.54 Å². The van der Waals surface area contributed by atoms with Crippen LogP contribution in [0.3, 0.4) is 0 Å². The molecule has 0 rings (SSSR count). The van der Waals surface area contributed by atoms with Crippen LogP contribution >= 0.6 is 0 Å². The molecule has 0 unspecified atom stereocenters. The van der Waals surface area contributed by atoms with E-state index in [4.69, 9.17) is 0 Å². The Balaban J connectivity index is 0. The molecule has 0 amide bonds. The van der Waals surface area contributed by atoms with Crippen LogP contribution in [0.1, 0.15) is 90.4 Å². The van der Waals surface area contributed by atoms with Crippen molar-refractivity contribution in [2.24, 2.45) is 0 Å². The predicted molar refractivity (Wildman–Crippen MR) is 102 cm³/mol. The fourth-order valence-corrected chi connectivity index (χ4v) is 4.95. The number of sulfonamides is 1. The quantitative estimate of drug-likeness (QED) is 0.198. The molecule has 0 aromatic rings. The van der Waals surface area contributed by atoms with E-state index in [0.29, 0.717) is 6.54 Å². The van der Waals surface area contributed by atoms with Gasteiger partial charge in [0.2, 0.25) is 10.0 Å². The van der Waals surface area contributed by atoms with Gasteiger partial charge < -0.3 is 4.55 Å². The molecule has 0 fully saturated rings. The van der Waals surface area contributed by atoms with Gasteiger partial charge in [0.05, 0.1) is 21.6 Å². The molecule has 9 heteroatoms. The molecule has 152 valence electrons. The number of unbranched alkanes of at least 4 members (excludes halogenated alkanes) is 12. The minimum absolute atomic E-state index is 0. The molecule has 0 aromatic heterocycles. The van der Waals surface area contributed by atoms with E-state index in [1.807, 2.05) is 0 Å². The number of nitrogens with one attached hydrogen (secondary N) is 1. The first-order valence-electron chi connectivity index (χ1n) is 9.68. The van der Waals surface area contributed by atoms with Crippen molar-refractivity contribution in [3.63, 3.8) is 0 Å². The van der Waals surface area contributed by atoms with Crippen LogP contribution in [-0.2, 0) is 20.1 Å². The molecular weight excluding hydrogens is 385 g/mol. The van der Waals surface area contributed by atoms with E-state index in [1.54, 1.807) is 0 Å². The minimum atomic E-state index is -4.49. The van der Waals surface area contributed by atoms with Gasteiger partial charge in [0.1, 0.15) is 0 Å². The van der Waals surface area contributed by atoms with Gasteiger partial charge in [-0.05, 0) is 6.42 Å². The van der Waals surface area contributed by atoms with Crippen molar-refractivity contribution in [1.82, 2.24) is 4.72 Å². The van der Waals surface area contributed by atoms with Gasteiger partial charge in [-0.25, -0.2) is 21.6 Å². The third-order valence-electron chi connectivity index (χ3n) is 4.20. The average Bonchev–Trinajstić information content (AvgIpc) is 2.53. The number of hydrogen-bond acceptors (Lipinski definition) is 5. The first kappa shape index (κ1) is 29.0. The van der Waals surface area contributed by atoms with Gasteiger partial charge in [0.15, 0.2) is 0 Å². The molecule has 0 saturated heterocycles. The SMILES string of the molecule is CCCCCCCCCCCCCCCNS(=O)(=O)CCS(=O)(=O)[O-].[Na+]. The fourth-order valence-electron chi connectivity index (χ4n) is 2.65. The Bertz CT molecular complexity index is 509. The van der Waals surface area contributed by atoms with Crippen LogP contribution in [0.25, 0.3) is 0 Å². The molecule has 0 aromatic carbocycles. The Morgan fingerprint density at radius 2 is 1.04 bits per heavy atom. The Labute approximate surface area is 183 Å². The summed E-state index contributed by atoms with van der Waals surface area (Å²) < 4.78 is 56.6. The average molecular weight is 422 g/mol. The zero-order valence-corrected chi connectivity index (χ0v) is 20.3. The number of rotatable bonds is 18. The Morgan fingerprint density at radius 1 is 0.654 bits per heavy atom. The summed E-state index contributed by atoms with van der Waals surface area (Å²) in [7, 11) is -8.15. The number of hydrogen-bond donors (Lipinski definition) is 1. The van der Waals surface area contributed by atoms with Gasteiger partial charge in [-0.2, -0.15) is 0 Å². The van der Waals surface area contributed by atoms with E-state index in [1.165, 1.54) is 64.2 Å². The summed E-state index contributed by atoms with van der Waals surface area (Å²) in [6.45, 7) is 2.54. The second-order valence-electron chi connectivity index (χ2n) is 6.72. The van der Waals surface area contributed by atoms with Crippen LogP contribution in [0.5, 0.6) is 0 Å². The maximum Gasteiger partial charge on any atom is 1.00 e. The van der Waals surface area contributed by atoms with Gasteiger partial charge in [0.25, 0.3) is 0 Å². The fraction of sp³-hybridized carbons (Fsp3) is 1.00. The van der Waals surface area contributed by atoms with Crippen LogP contribution in [-0.4, -0.2) is 39.4 Å². The maximum absolute atomic E-state index is 11.5. The zero-order chi connectivity index (χ0) is 19.0. The summed E-state index contributed by atoms with van der Waals surface area (Å²) in [5.41, 5.74) is 0. The van der Waals surface area contributed by atoms with Crippen LogP contribution in [0, 0.1) is 0 Å². The Hall–Kier alpha value is 0.820. The third kappa shape index (κ3) is 22.9. The molecule has 0 saturated carbocycles. The second kappa shape index (κ2) is 17.9. The van der Waals surface area contributed by atoms with Crippen LogP contribution in [0.4, 0.5) is 0 Å². The first-order chi connectivity index (χ1) is 11.8. The summed E-state index contributed by atoms with van der Waals surface area (Å²) in [4.78, 5) is 0. The molecule has 0 bridgehead atoms. The van der Waals surface area contributed by atoms with E-state index in [2.05, 4.69) is 11.6 Å². The van der Waals surface area contributed by atoms with E-state index in [0.717, 1.165) is 19.3 Å². The zero-order valence-electron chi connectivity index (χ0n) is 16.7. The minimum Gasteiger partial charge on any atom is -0.748 e. The topological polar surface area (TPSA) is 103 Å². The molecule has 0 radical (unpaired) electrons. The van der Waals surface area contributed by atoms with Crippen molar-refractivity contribution >= 4 is 20.1 Å². The van der Waals surface area contributed by atoms with Crippen LogP contribution in [0.2, 0.25) is 0 Å². The van der Waals surface area contributed by atoms with E-state index in [9.17, 15) is 21.4 Å². The molecule has 0 aliphatic rings. The molecule has 0 spiro atoms. The molecule has 1 N–H and O–H groups in total. The van der Waals surface area contributed by atoms with Crippen molar-refractivity contribution in [2.75, 3.05) is 18.1 Å². The van der Waals surface area contributed by atoms with E-state index >= 15 is 0 Å². The van der Waals surface area contributed by atoms with E-state index < -0.39 is 31.6 Å². The van der Waals surface area contributed by atoms with Crippen LogP contribution < -0.4 is 34.3 Å². The van der Waals surface area contributed by atoms with Crippen molar-refractivity contribution in [3.8, 4) is 0 Å². The summed E-state index contributed by atoms with van der Waals surface area (Å²) >= 11 is 0. The van der Waals surface area contributed by atoms with Gasteiger partial charge in [-0.3, -0.25) is 0 Å². The monoisotopic (exact) mass is 421 g/mol. The third-order valence-corrected chi connectivity index (χ3v) is 6.55. The van der Waals surface area contributed by atoms with Gasteiger partial charge >= 0.3 is 29.6 Å². The van der Waals surface area contributed by atoms with Crippen LogP contribution in [0.15, 0.2) is 0 Å². The first-order valence-corrected chi connectivity index (χ1v) is 12.9. The van der Waals surface area contributed by atoms with Crippen molar-refractivity contribution in [1.29, 1.82) is 0 Å². The second-order valence-corrected chi connectivity index (χ2v) is 10.2. The predicted octanol–water partition coefficient (Wildman–Crippen LogP) is 0.546. The molecule has 0 aliphatic carbocycles. The Kier molecular flexibility index (Phi) is 20.0. The molecule has 26 heavy (non-hydrogen) atoms. The summed E-state index contributed by atoms with van der Waals surface area (Å²) in [6.07, 6.45) is 15.9. The summed E-state index contributed by atoms with van der Waals surface area (Å²) in [5.74, 6) is -1.53. The Morgan fingerprint density at radius 3 is 1.42 bits per heavy atom. The normalized spacial score (nSPS) is 12.1. The van der Waals surface area contributed by atoms with Crippen molar-refractivity contribution < 1.29 is 50.9 Å². The molecular formula is C17H36NNaO5S2. The molecule has 0 atom stereocenters. The van der Waals surface area contributed by atoms with E-state index in [-0.39, 0.29) is 29.6 Å². The molecule has 6 nitrogen and oxygen atoms in total. The molecule has 0 aliphatic heterocycles. The van der Waals surface area contributed by atoms with Gasteiger partial charge in [-0.1, -0.05) is 84.0 Å². The largest absolute Gasteiger partial charge is 1.00 e. The van der Waals surface area contributed by atoms with Crippen molar-refractivity contribution in [2.45, 2.75) is 90.4 Å². The summed E-state index contributed by atoms with van der Waals surface area (Å²) in [5, 5.41) is 0. The molecule has 0 heterocycles. The standard InChI is InChI=1S/C17H37NO5S2.Na/c1-2-3-4-5-6-7-8-9-10-11-12-13-14-15-18-24(19,20)16-17-25(21,22)23;/h18H,2-17H2,1H3,(H,21,22,23);/q;+1/p-1. The van der Waals surface area contributed by atoms with Gasteiger partial charge in [-0.15, -0.1) is 0 Å². The summed E-state index contributed by atoms with van der Waals surface area (Å²) in [6, 6.07) is 0. The smallest absolute Gasteiger partial charge is 0.748 e.